The summed E-state index contributed by atoms with van der Waals surface area (Å²) in [6, 6.07) is 17.9. The second-order valence-electron chi connectivity index (χ2n) is 7.80. The molecule has 0 saturated heterocycles. The number of ether oxygens (including phenoxy) is 1. The highest BCUT2D eigenvalue weighted by atomic mass is 32.2. The molecule has 4 aromatic rings. The fraction of sp³-hybridized carbons (Fsp3) is 0.154. The Hall–Kier alpha value is -3.38. The zero-order chi connectivity index (χ0) is 22.1. The molecule has 2 aromatic heterocycles. The van der Waals surface area contributed by atoms with Crippen LogP contribution < -0.4 is 4.74 Å². The number of aldehydes is 1. The normalized spacial score (nSPS) is 13.7. The first-order valence-electron chi connectivity index (χ1n) is 10.4. The standard InChI is InChI=1S/C26H21FN2O2S/c1-31-22-8-9-24-17(14-22)4-2-6-23(19-5-3-11-28-15-19)26(24)18-7-10-25-20(12-18)13-21(16-30)29(25)32-27/h3,5,7-16H,2,4,6H2,1H3. The predicted molar refractivity (Wildman–Crippen MR) is 128 cm³/mol. The number of carbonyl (C=O) groups is 1. The van der Waals surface area contributed by atoms with Crippen molar-refractivity contribution < 1.29 is 13.4 Å². The topological polar surface area (TPSA) is 44.1 Å². The first-order valence-corrected chi connectivity index (χ1v) is 11.1. The molecule has 0 radical (unpaired) electrons. The van der Waals surface area contributed by atoms with Crippen LogP contribution in [0.1, 0.15) is 45.6 Å². The van der Waals surface area contributed by atoms with Gasteiger partial charge in [0.1, 0.15) is 5.75 Å². The van der Waals surface area contributed by atoms with Gasteiger partial charge in [0.2, 0.25) is 0 Å². The van der Waals surface area contributed by atoms with Gasteiger partial charge in [0.15, 0.2) is 18.6 Å². The van der Waals surface area contributed by atoms with Crippen molar-refractivity contribution in [2.45, 2.75) is 19.3 Å². The number of pyridine rings is 1. The molecule has 2 heterocycles. The van der Waals surface area contributed by atoms with Crippen molar-refractivity contribution in [2.24, 2.45) is 0 Å². The fourth-order valence-electron chi connectivity index (χ4n) is 4.58. The van der Waals surface area contributed by atoms with E-state index in [1.54, 1.807) is 19.4 Å². The van der Waals surface area contributed by atoms with Gasteiger partial charge in [0, 0.05) is 17.8 Å². The van der Waals surface area contributed by atoms with Gasteiger partial charge in [-0.25, -0.2) is 0 Å². The third-order valence-electron chi connectivity index (χ3n) is 6.03. The maximum atomic E-state index is 13.5. The summed E-state index contributed by atoms with van der Waals surface area (Å²) in [5, 5.41) is 0.826. The molecule has 0 fully saturated rings. The smallest absolute Gasteiger partial charge is 0.170 e. The molecule has 0 bridgehead atoms. The number of rotatable bonds is 5. The quantitative estimate of drug-likeness (QED) is 0.328. The first kappa shape index (κ1) is 20.5. The number of aryl methyl sites for hydroxylation is 1. The van der Waals surface area contributed by atoms with Gasteiger partial charge in [-0.15, -0.1) is 3.89 Å². The first-order chi connectivity index (χ1) is 15.7. The summed E-state index contributed by atoms with van der Waals surface area (Å²) in [6.07, 6.45) is 7.25. The number of hydrogen-bond acceptors (Lipinski definition) is 4. The summed E-state index contributed by atoms with van der Waals surface area (Å²) in [5.41, 5.74) is 7.88. The maximum Gasteiger partial charge on any atom is 0.170 e. The molecule has 32 heavy (non-hydrogen) atoms. The van der Waals surface area contributed by atoms with Gasteiger partial charge >= 0.3 is 0 Å². The highest BCUT2D eigenvalue weighted by molar-refractivity contribution is 7.93. The van der Waals surface area contributed by atoms with Crippen LogP contribution in [0.15, 0.2) is 67.0 Å². The van der Waals surface area contributed by atoms with Crippen LogP contribution in [0, 0.1) is 0 Å². The van der Waals surface area contributed by atoms with Crippen LogP contribution in [0.3, 0.4) is 0 Å². The molecule has 0 spiro atoms. The Morgan fingerprint density at radius 3 is 2.75 bits per heavy atom. The minimum Gasteiger partial charge on any atom is -0.497 e. The van der Waals surface area contributed by atoms with Crippen molar-refractivity contribution in [2.75, 3.05) is 7.11 Å². The van der Waals surface area contributed by atoms with Crippen molar-refractivity contribution in [3.8, 4) is 5.75 Å². The molecule has 4 nitrogen and oxygen atoms in total. The summed E-state index contributed by atoms with van der Waals surface area (Å²) in [7, 11) is 1.68. The van der Waals surface area contributed by atoms with Crippen LogP contribution in [0.5, 0.6) is 5.75 Å². The lowest BCUT2D eigenvalue weighted by Gasteiger charge is -2.17. The second kappa shape index (κ2) is 8.63. The van der Waals surface area contributed by atoms with Crippen molar-refractivity contribution in [3.05, 3.63) is 94.9 Å². The molecule has 0 saturated carbocycles. The number of nitrogens with zero attached hydrogens (tertiary/aromatic N) is 2. The van der Waals surface area contributed by atoms with E-state index in [1.165, 1.54) is 15.1 Å². The molecule has 6 heteroatoms. The number of benzene rings is 2. The third kappa shape index (κ3) is 3.50. The van der Waals surface area contributed by atoms with Crippen molar-refractivity contribution in [1.82, 2.24) is 8.96 Å². The zero-order valence-corrected chi connectivity index (χ0v) is 18.4. The minimum absolute atomic E-state index is 0.0423. The number of methoxy groups -OCH3 is 1. The lowest BCUT2D eigenvalue weighted by molar-refractivity contribution is 0.111. The summed E-state index contributed by atoms with van der Waals surface area (Å²) < 4.78 is 20.3. The van der Waals surface area contributed by atoms with E-state index in [0.717, 1.165) is 52.7 Å². The Kier molecular flexibility index (Phi) is 5.53. The summed E-state index contributed by atoms with van der Waals surface area (Å²) in [6.45, 7) is 0. The SMILES string of the molecule is COc1ccc2c(c1)CCCC(c1cccnc1)=C2c1ccc2c(c1)cc(C=O)n2SF. The molecule has 160 valence electrons. The highest BCUT2D eigenvalue weighted by Crippen LogP contribution is 2.41. The average Bonchev–Trinajstić information content (AvgIpc) is 3.09. The highest BCUT2D eigenvalue weighted by Gasteiger charge is 2.22. The monoisotopic (exact) mass is 444 g/mol. The molecule has 0 amide bonds. The Morgan fingerprint density at radius 2 is 2.00 bits per heavy atom. The largest absolute Gasteiger partial charge is 0.497 e. The van der Waals surface area contributed by atoms with Gasteiger partial charge in [-0.3, -0.25) is 13.8 Å². The average molecular weight is 445 g/mol. The van der Waals surface area contributed by atoms with E-state index in [0.29, 0.717) is 17.5 Å². The van der Waals surface area contributed by atoms with Gasteiger partial charge in [-0.05, 0) is 89.1 Å². The van der Waals surface area contributed by atoms with Crippen molar-refractivity contribution in [1.29, 1.82) is 0 Å². The predicted octanol–water partition coefficient (Wildman–Crippen LogP) is 6.53. The van der Waals surface area contributed by atoms with Gasteiger partial charge < -0.3 is 4.74 Å². The molecule has 0 unspecified atom stereocenters. The van der Waals surface area contributed by atoms with E-state index in [4.69, 9.17) is 4.74 Å². The van der Waals surface area contributed by atoms with Crippen LogP contribution in [0.4, 0.5) is 3.89 Å². The lowest BCUT2D eigenvalue weighted by Crippen LogP contribution is -1.97. The molecule has 2 aromatic carbocycles. The van der Waals surface area contributed by atoms with E-state index in [9.17, 15) is 8.68 Å². The molecular weight excluding hydrogens is 423 g/mol. The molecule has 0 atom stereocenters. The van der Waals surface area contributed by atoms with Crippen LogP contribution in [-0.4, -0.2) is 22.4 Å². The molecule has 0 N–H and O–H groups in total. The van der Waals surface area contributed by atoms with Crippen LogP contribution in [0.2, 0.25) is 0 Å². The number of allylic oxidation sites excluding steroid dienone is 1. The lowest BCUT2D eigenvalue weighted by atomic mass is 9.88. The molecule has 0 aliphatic heterocycles. The Bertz CT molecular complexity index is 1340. The van der Waals surface area contributed by atoms with Crippen molar-refractivity contribution >= 4 is 40.7 Å². The van der Waals surface area contributed by atoms with Gasteiger partial charge in [-0.1, -0.05) is 18.2 Å². The summed E-state index contributed by atoms with van der Waals surface area (Å²) in [5.74, 6) is 0.844. The molecular formula is C26H21FN2O2S. The summed E-state index contributed by atoms with van der Waals surface area (Å²) in [4.78, 5) is 15.8. The van der Waals surface area contributed by atoms with Crippen LogP contribution in [0.25, 0.3) is 22.0 Å². The van der Waals surface area contributed by atoms with E-state index >= 15 is 0 Å². The third-order valence-corrected chi connectivity index (χ3v) is 6.57. The van der Waals surface area contributed by atoms with E-state index < -0.39 is 0 Å². The van der Waals surface area contributed by atoms with E-state index in [1.807, 2.05) is 36.5 Å². The molecule has 1 aliphatic rings. The van der Waals surface area contributed by atoms with Gasteiger partial charge in [0.05, 0.1) is 18.3 Å². The maximum absolute atomic E-state index is 13.5. The Labute approximate surface area is 190 Å². The number of halogens is 1. The number of carbonyl (C=O) groups excluding carboxylic acids is 1. The van der Waals surface area contributed by atoms with Crippen LogP contribution in [-0.2, 0) is 6.42 Å². The van der Waals surface area contributed by atoms with Crippen molar-refractivity contribution in [3.63, 3.8) is 0 Å². The summed E-state index contributed by atoms with van der Waals surface area (Å²) >= 11 is 0.0423. The van der Waals surface area contributed by atoms with Gasteiger partial charge in [0.25, 0.3) is 0 Å². The van der Waals surface area contributed by atoms with Gasteiger partial charge in [-0.2, -0.15) is 0 Å². The zero-order valence-electron chi connectivity index (χ0n) is 17.5. The second-order valence-corrected chi connectivity index (χ2v) is 8.30. The molecule has 1 aliphatic carbocycles. The molecule has 5 rings (SSSR count). The number of aromatic nitrogens is 2. The minimum atomic E-state index is 0.0423. The number of hydrogen-bond donors (Lipinski definition) is 0. The van der Waals surface area contributed by atoms with E-state index in [2.05, 4.69) is 23.2 Å². The Balaban J connectivity index is 1.79. The number of fused-ring (bicyclic) bond motifs is 2. The van der Waals surface area contributed by atoms with E-state index in [-0.39, 0.29) is 12.3 Å². The van der Waals surface area contributed by atoms with Crippen LogP contribution >= 0.6 is 12.3 Å². The fourth-order valence-corrected chi connectivity index (χ4v) is 4.99. The Morgan fingerprint density at radius 1 is 1.09 bits per heavy atom.